The van der Waals surface area contributed by atoms with Gasteiger partial charge in [-0.25, -0.2) is 4.79 Å². The Morgan fingerprint density at radius 2 is 1.67 bits per heavy atom. The fourth-order valence-corrected chi connectivity index (χ4v) is 5.12. The van der Waals surface area contributed by atoms with Gasteiger partial charge in [0.25, 0.3) is 0 Å². The lowest BCUT2D eigenvalue weighted by atomic mass is 9.73. The van der Waals surface area contributed by atoms with E-state index in [0.29, 0.717) is 18.0 Å². The van der Waals surface area contributed by atoms with Gasteiger partial charge in [-0.05, 0) is 41.0 Å². The Labute approximate surface area is 210 Å². The molecular formula is C29H29N3O4. The largest absolute Gasteiger partial charge is 0.497 e. The third-order valence-corrected chi connectivity index (χ3v) is 6.97. The fraction of sp³-hybridized carbons (Fsp3) is 0.241. The Bertz CT molecular complexity index is 1240. The van der Waals surface area contributed by atoms with Crippen molar-refractivity contribution in [3.63, 3.8) is 0 Å². The molecule has 2 fully saturated rings. The van der Waals surface area contributed by atoms with E-state index in [1.165, 1.54) is 0 Å². The number of ether oxygens (including phenoxy) is 1. The number of methoxy groups -OCH3 is 1. The van der Waals surface area contributed by atoms with Gasteiger partial charge >= 0.3 is 6.03 Å². The second-order valence-corrected chi connectivity index (χ2v) is 9.09. The van der Waals surface area contributed by atoms with Crippen LogP contribution in [0, 0.1) is 0 Å². The first-order valence-corrected chi connectivity index (χ1v) is 12.0. The lowest BCUT2D eigenvalue weighted by molar-refractivity contribution is -0.159. The van der Waals surface area contributed by atoms with Crippen LogP contribution >= 0.6 is 0 Å². The monoisotopic (exact) mass is 483 g/mol. The number of carbonyl (C=O) groups is 2. The van der Waals surface area contributed by atoms with Crippen molar-refractivity contribution in [2.45, 2.75) is 18.0 Å². The number of urea groups is 1. The normalized spacial score (nSPS) is 21.2. The van der Waals surface area contributed by atoms with Crippen LogP contribution in [0.2, 0.25) is 0 Å². The zero-order valence-electron chi connectivity index (χ0n) is 20.1. The molecule has 7 heteroatoms. The standard InChI is InChI=1S/C29H29N3O4/c1-36-24-15-13-23(14-16-24)30-29(35)31-17-25-28(26(19-33)32(25)27(34)18-31)22-11-9-21(10-12-22)8-7-20-5-3-2-4-6-20/h2-16,25-26,28,33H,17-19H2,1H3,(H,30,35)/b8-7+/t25-,26-,28+/m1/s1. The minimum absolute atomic E-state index is 0.00900. The zero-order valence-corrected chi connectivity index (χ0v) is 20.1. The third-order valence-electron chi connectivity index (χ3n) is 6.97. The molecule has 0 unspecified atom stereocenters. The molecule has 0 radical (unpaired) electrons. The number of fused-ring (bicyclic) bond motifs is 1. The van der Waals surface area contributed by atoms with Gasteiger partial charge in [-0.2, -0.15) is 0 Å². The second kappa shape index (κ2) is 10.3. The Balaban J connectivity index is 1.28. The molecule has 2 N–H and O–H groups in total. The highest BCUT2D eigenvalue weighted by Gasteiger charge is 2.54. The van der Waals surface area contributed by atoms with Gasteiger partial charge in [-0.1, -0.05) is 66.7 Å². The second-order valence-electron chi connectivity index (χ2n) is 9.09. The molecule has 3 aromatic rings. The van der Waals surface area contributed by atoms with Gasteiger partial charge in [0.05, 0.1) is 25.8 Å². The van der Waals surface area contributed by atoms with E-state index in [2.05, 4.69) is 41.7 Å². The summed E-state index contributed by atoms with van der Waals surface area (Å²) in [6, 6.07) is 24.6. The molecule has 36 heavy (non-hydrogen) atoms. The van der Waals surface area contributed by atoms with E-state index in [1.807, 2.05) is 30.3 Å². The van der Waals surface area contributed by atoms with Crippen molar-refractivity contribution in [3.05, 3.63) is 95.6 Å². The number of hydrogen-bond acceptors (Lipinski definition) is 4. The lowest BCUT2D eigenvalue weighted by Gasteiger charge is -2.58. The van der Waals surface area contributed by atoms with Crippen LogP contribution in [0.25, 0.3) is 12.2 Å². The van der Waals surface area contributed by atoms with E-state index in [1.54, 1.807) is 41.2 Å². The number of anilines is 1. The quantitative estimate of drug-likeness (QED) is 0.518. The number of amides is 3. The van der Waals surface area contributed by atoms with Crippen molar-refractivity contribution in [3.8, 4) is 5.75 Å². The molecule has 3 aromatic carbocycles. The summed E-state index contributed by atoms with van der Waals surface area (Å²) in [5.74, 6) is 0.516. The average molecular weight is 484 g/mol. The van der Waals surface area contributed by atoms with Gasteiger partial charge < -0.3 is 25.0 Å². The molecule has 3 atom stereocenters. The summed E-state index contributed by atoms with van der Waals surface area (Å²) < 4.78 is 5.16. The molecule has 2 saturated heterocycles. The first-order chi connectivity index (χ1) is 17.6. The van der Waals surface area contributed by atoms with Crippen LogP contribution in [0.4, 0.5) is 10.5 Å². The van der Waals surface area contributed by atoms with Crippen molar-refractivity contribution in [1.82, 2.24) is 9.80 Å². The number of nitrogens with zero attached hydrogens (tertiary/aromatic N) is 2. The maximum atomic E-state index is 12.9. The number of aliphatic hydroxyl groups is 1. The first kappa shape index (κ1) is 23.6. The molecule has 0 spiro atoms. The summed E-state index contributed by atoms with van der Waals surface area (Å²) in [4.78, 5) is 29.1. The van der Waals surface area contributed by atoms with Gasteiger partial charge in [0, 0.05) is 18.2 Å². The van der Waals surface area contributed by atoms with Crippen molar-refractivity contribution >= 4 is 29.8 Å². The maximum Gasteiger partial charge on any atom is 0.322 e. The van der Waals surface area contributed by atoms with E-state index in [-0.39, 0.29) is 43.1 Å². The summed E-state index contributed by atoms with van der Waals surface area (Å²) in [5.41, 5.74) is 3.88. The van der Waals surface area contributed by atoms with Crippen LogP contribution in [0.15, 0.2) is 78.9 Å². The molecule has 0 bridgehead atoms. The van der Waals surface area contributed by atoms with Crippen LogP contribution in [0.5, 0.6) is 5.75 Å². The molecule has 0 aromatic heterocycles. The van der Waals surface area contributed by atoms with E-state index >= 15 is 0 Å². The van der Waals surface area contributed by atoms with Gasteiger partial charge in [0.15, 0.2) is 0 Å². The molecule has 2 heterocycles. The van der Waals surface area contributed by atoms with Crippen LogP contribution in [0.1, 0.15) is 22.6 Å². The highest BCUT2D eigenvalue weighted by atomic mass is 16.5. The molecule has 0 aliphatic carbocycles. The molecule has 3 amide bonds. The summed E-state index contributed by atoms with van der Waals surface area (Å²) in [5, 5.41) is 12.9. The van der Waals surface area contributed by atoms with Gasteiger partial charge in [-0.3, -0.25) is 4.79 Å². The van der Waals surface area contributed by atoms with E-state index in [4.69, 9.17) is 4.74 Å². The maximum absolute atomic E-state index is 12.9. The topological polar surface area (TPSA) is 82.1 Å². The Morgan fingerprint density at radius 3 is 2.31 bits per heavy atom. The molecule has 7 nitrogen and oxygen atoms in total. The Morgan fingerprint density at radius 1 is 1.00 bits per heavy atom. The Hall–Kier alpha value is -4.10. The SMILES string of the molecule is COc1ccc(NC(=O)N2CC(=O)N3[C@H](CO)[C@@H](c4ccc(/C=C/c5ccccc5)cc4)[C@H]3C2)cc1. The predicted octanol–water partition coefficient (Wildman–Crippen LogP) is 4.07. The summed E-state index contributed by atoms with van der Waals surface area (Å²) >= 11 is 0. The van der Waals surface area contributed by atoms with Crippen molar-refractivity contribution < 1.29 is 19.4 Å². The summed E-state index contributed by atoms with van der Waals surface area (Å²) in [6.07, 6.45) is 4.13. The number of carbonyl (C=O) groups excluding carboxylic acids is 2. The summed E-state index contributed by atoms with van der Waals surface area (Å²) in [7, 11) is 1.59. The van der Waals surface area contributed by atoms with Crippen LogP contribution in [-0.4, -0.2) is 65.7 Å². The predicted molar refractivity (Wildman–Crippen MR) is 140 cm³/mol. The van der Waals surface area contributed by atoms with E-state index < -0.39 is 0 Å². The van der Waals surface area contributed by atoms with Gasteiger partial charge in [0.2, 0.25) is 5.91 Å². The number of hydrogen-bond donors (Lipinski definition) is 2. The van der Waals surface area contributed by atoms with Crippen LogP contribution in [0.3, 0.4) is 0 Å². The first-order valence-electron chi connectivity index (χ1n) is 12.0. The number of piperazine rings is 1. The summed E-state index contributed by atoms with van der Waals surface area (Å²) in [6.45, 7) is 0.288. The molecular weight excluding hydrogens is 454 g/mol. The van der Waals surface area contributed by atoms with E-state index in [9.17, 15) is 14.7 Å². The van der Waals surface area contributed by atoms with Gasteiger partial charge in [0.1, 0.15) is 12.3 Å². The molecule has 5 rings (SSSR count). The number of aliphatic hydroxyl groups excluding tert-OH is 1. The fourth-order valence-electron chi connectivity index (χ4n) is 5.12. The van der Waals surface area contributed by atoms with Crippen LogP contribution in [-0.2, 0) is 4.79 Å². The minimum Gasteiger partial charge on any atom is -0.497 e. The Kier molecular flexibility index (Phi) is 6.73. The van der Waals surface area contributed by atoms with E-state index in [0.717, 1.165) is 16.7 Å². The molecule has 184 valence electrons. The number of rotatable bonds is 6. The average Bonchev–Trinajstić information content (AvgIpc) is 2.90. The molecule has 2 aliphatic rings. The highest BCUT2D eigenvalue weighted by Crippen LogP contribution is 2.43. The molecule has 2 aliphatic heterocycles. The molecule has 0 saturated carbocycles. The highest BCUT2D eigenvalue weighted by molar-refractivity contribution is 5.93. The third kappa shape index (κ3) is 4.70. The van der Waals surface area contributed by atoms with Gasteiger partial charge in [-0.15, -0.1) is 0 Å². The zero-order chi connectivity index (χ0) is 25.1. The van der Waals surface area contributed by atoms with Crippen molar-refractivity contribution in [2.24, 2.45) is 0 Å². The number of nitrogens with one attached hydrogen (secondary N) is 1. The minimum atomic E-state index is -0.319. The van der Waals surface area contributed by atoms with Crippen molar-refractivity contribution in [1.29, 1.82) is 0 Å². The smallest absolute Gasteiger partial charge is 0.322 e. The van der Waals surface area contributed by atoms with Crippen molar-refractivity contribution in [2.75, 3.05) is 32.1 Å². The lowest BCUT2D eigenvalue weighted by Crippen LogP contribution is -2.73. The van der Waals surface area contributed by atoms with Crippen LogP contribution < -0.4 is 10.1 Å². The number of benzene rings is 3.